The lowest BCUT2D eigenvalue weighted by Gasteiger charge is -2.23. The molecule has 6 nitrogen and oxygen atoms in total. The average molecular weight is 394 g/mol. The Morgan fingerprint density at radius 2 is 2.08 bits per heavy atom. The molecule has 2 aromatic rings. The standard InChI is InChI=1S/C18H20ClN3O3S/c1-12-3-5-14(9-16(12)19)21-17-6-4-13(10-20-17)18(23)22(2)15-7-8-26(24,25)11-15/h3-6,9-10,15H,7-8,11H2,1-2H3,(H,20,21). The molecule has 0 saturated carbocycles. The number of carbonyl (C=O) groups excluding carboxylic acids is 1. The monoisotopic (exact) mass is 393 g/mol. The first kappa shape index (κ1) is 18.7. The summed E-state index contributed by atoms with van der Waals surface area (Å²) >= 11 is 6.11. The Kier molecular flexibility index (Phi) is 5.20. The number of pyridine rings is 1. The molecule has 0 aliphatic carbocycles. The van der Waals surface area contributed by atoms with Crippen molar-refractivity contribution in [1.29, 1.82) is 0 Å². The number of hydrogen-bond acceptors (Lipinski definition) is 5. The van der Waals surface area contributed by atoms with Crippen molar-refractivity contribution in [3.05, 3.63) is 52.7 Å². The Balaban J connectivity index is 1.68. The van der Waals surface area contributed by atoms with Crippen LogP contribution in [-0.4, -0.2) is 48.8 Å². The van der Waals surface area contributed by atoms with Crippen LogP contribution in [0.2, 0.25) is 5.02 Å². The zero-order valence-corrected chi connectivity index (χ0v) is 16.1. The zero-order chi connectivity index (χ0) is 18.9. The summed E-state index contributed by atoms with van der Waals surface area (Å²) in [7, 11) is -1.40. The summed E-state index contributed by atoms with van der Waals surface area (Å²) in [6.07, 6.45) is 1.96. The first-order valence-corrected chi connectivity index (χ1v) is 10.4. The molecule has 0 spiro atoms. The van der Waals surface area contributed by atoms with Crippen LogP contribution >= 0.6 is 11.6 Å². The molecule has 1 saturated heterocycles. The first-order chi connectivity index (χ1) is 12.2. The highest BCUT2D eigenvalue weighted by Crippen LogP contribution is 2.23. The van der Waals surface area contributed by atoms with Gasteiger partial charge in [-0.3, -0.25) is 4.79 Å². The molecule has 1 fully saturated rings. The van der Waals surface area contributed by atoms with Crippen molar-refractivity contribution in [1.82, 2.24) is 9.88 Å². The maximum atomic E-state index is 12.5. The highest BCUT2D eigenvalue weighted by Gasteiger charge is 2.33. The summed E-state index contributed by atoms with van der Waals surface area (Å²) in [6.45, 7) is 1.93. The van der Waals surface area contributed by atoms with Crippen LogP contribution < -0.4 is 5.32 Å². The fourth-order valence-corrected chi connectivity index (χ4v) is 4.82. The van der Waals surface area contributed by atoms with Gasteiger partial charge >= 0.3 is 0 Å². The van der Waals surface area contributed by atoms with Crippen molar-refractivity contribution in [2.75, 3.05) is 23.9 Å². The van der Waals surface area contributed by atoms with Gasteiger partial charge in [0.25, 0.3) is 5.91 Å². The Morgan fingerprint density at radius 1 is 1.31 bits per heavy atom. The van der Waals surface area contributed by atoms with Gasteiger partial charge in [-0.05, 0) is 43.2 Å². The lowest BCUT2D eigenvalue weighted by molar-refractivity contribution is 0.0747. The predicted molar refractivity (Wildman–Crippen MR) is 103 cm³/mol. The molecule has 1 aliphatic heterocycles. The molecule has 1 aromatic heterocycles. The maximum absolute atomic E-state index is 12.5. The van der Waals surface area contributed by atoms with E-state index in [-0.39, 0.29) is 23.5 Å². The van der Waals surface area contributed by atoms with Gasteiger partial charge in [0.2, 0.25) is 0 Å². The van der Waals surface area contributed by atoms with Gasteiger partial charge in [-0.1, -0.05) is 17.7 Å². The van der Waals surface area contributed by atoms with E-state index >= 15 is 0 Å². The summed E-state index contributed by atoms with van der Waals surface area (Å²) in [5.74, 6) is 0.517. The second kappa shape index (κ2) is 7.25. The van der Waals surface area contributed by atoms with Gasteiger partial charge in [-0.25, -0.2) is 13.4 Å². The number of aryl methyl sites for hydroxylation is 1. The number of halogens is 1. The van der Waals surface area contributed by atoms with E-state index in [1.807, 2.05) is 25.1 Å². The molecule has 0 radical (unpaired) electrons. The van der Waals surface area contributed by atoms with Crippen LogP contribution in [0.3, 0.4) is 0 Å². The average Bonchev–Trinajstić information content (AvgIpc) is 2.97. The van der Waals surface area contributed by atoms with E-state index in [0.717, 1.165) is 11.3 Å². The van der Waals surface area contributed by atoms with Crippen molar-refractivity contribution >= 4 is 38.9 Å². The number of aromatic nitrogens is 1. The van der Waals surface area contributed by atoms with Gasteiger partial charge < -0.3 is 10.2 Å². The van der Waals surface area contributed by atoms with Crippen molar-refractivity contribution in [3.8, 4) is 0 Å². The highest BCUT2D eigenvalue weighted by molar-refractivity contribution is 7.91. The first-order valence-electron chi connectivity index (χ1n) is 8.22. The Bertz CT molecular complexity index is 929. The molecule has 2 heterocycles. The molecule has 1 aromatic carbocycles. The van der Waals surface area contributed by atoms with Gasteiger partial charge in [-0.15, -0.1) is 0 Å². The third-order valence-corrected chi connectivity index (χ3v) is 6.69. The van der Waals surface area contributed by atoms with Crippen LogP contribution in [0, 0.1) is 6.92 Å². The molecule has 1 N–H and O–H groups in total. The van der Waals surface area contributed by atoms with E-state index in [4.69, 9.17) is 11.6 Å². The van der Waals surface area contributed by atoms with E-state index in [2.05, 4.69) is 10.3 Å². The molecule has 138 valence electrons. The SMILES string of the molecule is Cc1ccc(Nc2ccc(C(=O)N(C)C3CCS(=O)(=O)C3)cn2)cc1Cl. The summed E-state index contributed by atoms with van der Waals surface area (Å²) < 4.78 is 23.2. The molecule has 0 bridgehead atoms. The fraction of sp³-hybridized carbons (Fsp3) is 0.333. The number of rotatable bonds is 4. The van der Waals surface area contributed by atoms with Crippen LogP contribution in [0.5, 0.6) is 0 Å². The number of carbonyl (C=O) groups is 1. The van der Waals surface area contributed by atoms with Crippen LogP contribution in [0.4, 0.5) is 11.5 Å². The van der Waals surface area contributed by atoms with E-state index in [9.17, 15) is 13.2 Å². The van der Waals surface area contributed by atoms with Gasteiger partial charge in [0.15, 0.2) is 9.84 Å². The molecule has 1 unspecified atom stereocenters. The van der Waals surface area contributed by atoms with E-state index in [1.165, 1.54) is 11.1 Å². The molecular weight excluding hydrogens is 374 g/mol. The predicted octanol–water partition coefficient (Wildman–Crippen LogP) is 3.05. The normalized spacial score (nSPS) is 18.5. The van der Waals surface area contributed by atoms with E-state index in [0.29, 0.717) is 22.8 Å². The second-order valence-corrected chi connectivity index (χ2v) is 9.13. The van der Waals surface area contributed by atoms with E-state index < -0.39 is 9.84 Å². The summed E-state index contributed by atoms with van der Waals surface area (Å²) in [6, 6.07) is 8.73. The number of amides is 1. The van der Waals surface area contributed by atoms with Crippen molar-refractivity contribution in [2.24, 2.45) is 0 Å². The lowest BCUT2D eigenvalue weighted by atomic mass is 10.2. The number of nitrogens with one attached hydrogen (secondary N) is 1. The van der Waals surface area contributed by atoms with E-state index in [1.54, 1.807) is 19.2 Å². The van der Waals surface area contributed by atoms with Crippen molar-refractivity contribution in [2.45, 2.75) is 19.4 Å². The number of hydrogen-bond donors (Lipinski definition) is 1. The lowest BCUT2D eigenvalue weighted by Crippen LogP contribution is -2.37. The largest absolute Gasteiger partial charge is 0.340 e. The minimum Gasteiger partial charge on any atom is -0.340 e. The Hall–Kier alpha value is -2.12. The number of sulfone groups is 1. The Morgan fingerprint density at radius 3 is 2.65 bits per heavy atom. The van der Waals surface area contributed by atoms with Crippen LogP contribution in [-0.2, 0) is 9.84 Å². The third-order valence-electron chi connectivity index (χ3n) is 4.53. The fourth-order valence-electron chi connectivity index (χ4n) is 2.86. The van der Waals surface area contributed by atoms with Gasteiger partial charge in [0, 0.05) is 30.0 Å². The molecule has 26 heavy (non-hydrogen) atoms. The summed E-state index contributed by atoms with van der Waals surface area (Å²) in [4.78, 5) is 18.3. The quantitative estimate of drug-likeness (QED) is 0.863. The van der Waals surface area contributed by atoms with Crippen LogP contribution in [0.1, 0.15) is 22.3 Å². The number of benzene rings is 1. The smallest absolute Gasteiger partial charge is 0.255 e. The maximum Gasteiger partial charge on any atom is 0.255 e. The van der Waals surface area contributed by atoms with Gasteiger partial charge in [-0.2, -0.15) is 0 Å². The number of anilines is 2. The van der Waals surface area contributed by atoms with Crippen molar-refractivity contribution < 1.29 is 13.2 Å². The molecule has 3 rings (SSSR count). The van der Waals surface area contributed by atoms with Gasteiger partial charge in [0.05, 0.1) is 17.1 Å². The van der Waals surface area contributed by atoms with Crippen LogP contribution in [0.25, 0.3) is 0 Å². The molecule has 1 atom stereocenters. The van der Waals surface area contributed by atoms with Gasteiger partial charge in [0.1, 0.15) is 5.82 Å². The third kappa shape index (κ3) is 4.16. The Labute approximate surface area is 158 Å². The molecule has 1 aliphatic rings. The minimum atomic E-state index is -3.03. The zero-order valence-electron chi connectivity index (χ0n) is 14.6. The minimum absolute atomic E-state index is 0.0243. The second-order valence-electron chi connectivity index (χ2n) is 6.49. The molecular formula is C18H20ClN3O3S. The highest BCUT2D eigenvalue weighted by atomic mass is 35.5. The summed E-state index contributed by atoms with van der Waals surface area (Å²) in [5, 5.41) is 3.80. The summed E-state index contributed by atoms with van der Waals surface area (Å²) in [5.41, 5.74) is 2.22. The number of nitrogens with zero attached hydrogens (tertiary/aromatic N) is 2. The topological polar surface area (TPSA) is 79.4 Å². The van der Waals surface area contributed by atoms with Crippen LogP contribution in [0.15, 0.2) is 36.5 Å². The molecule has 1 amide bonds. The molecule has 8 heteroatoms. The van der Waals surface area contributed by atoms with Crippen molar-refractivity contribution in [3.63, 3.8) is 0 Å².